The predicted octanol–water partition coefficient (Wildman–Crippen LogP) is 5.34. The summed E-state index contributed by atoms with van der Waals surface area (Å²) < 4.78 is 6.33. The van der Waals surface area contributed by atoms with E-state index in [-0.39, 0.29) is 24.5 Å². The first-order valence-electron chi connectivity index (χ1n) is 12.3. The van der Waals surface area contributed by atoms with Crippen LogP contribution in [-0.2, 0) is 30.5 Å². The summed E-state index contributed by atoms with van der Waals surface area (Å²) in [6.07, 6.45) is 3.12. The van der Waals surface area contributed by atoms with Gasteiger partial charge in [-0.05, 0) is 60.2 Å². The van der Waals surface area contributed by atoms with E-state index < -0.39 is 5.97 Å². The molecular weight excluding hydrogens is 438 g/mol. The summed E-state index contributed by atoms with van der Waals surface area (Å²) in [5.41, 5.74) is 4.89. The van der Waals surface area contributed by atoms with Crippen molar-refractivity contribution >= 4 is 11.9 Å². The van der Waals surface area contributed by atoms with E-state index in [0.29, 0.717) is 18.5 Å². The van der Waals surface area contributed by atoms with E-state index in [1.54, 1.807) is 11.0 Å². The maximum absolute atomic E-state index is 13.4. The smallest absolute Gasteiger partial charge is 0.305 e. The lowest BCUT2D eigenvalue weighted by atomic mass is 9.91. The molecular formula is C30H33NO4. The van der Waals surface area contributed by atoms with E-state index >= 15 is 0 Å². The number of aliphatic carboxylic acids is 1. The largest absolute Gasteiger partial charge is 0.487 e. The molecule has 4 rings (SSSR count). The fraction of sp³-hybridized carbons (Fsp3) is 0.333. The molecule has 0 aliphatic carbocycles. The van der Waals surface area contributed by atoms with Crippen molar-refractivity contribution in [2.75, 3.05) is 13.1 Å². The van der Waals surface area contributed by atoms with Gasteiger partial charge < -0.3 is 14.7 Å². The van der Waals surface area contributed by atoms with Gasteiger partial charge in [0, 0.05) is 31.5 Å². The average molecular weight is 472 g/mol. The molecule has 1 amide bonds. The van der Waals surface area contributed by atoms with Gasteiger partial charge in [-0.1, -0.05) is 61.5 Å². The summed E-state index contributed by atoms with van der Waals surface area (Å²) in [7, 11) is 0. The summed E-state index contributed by atoms with van der Waals surface area (Å²) in [6, 6.07) is 24.2. The number of rotatable bonds is 10. The molecule has 0 fully saturated rings. The Morgan fingerprint density at radius 2 is 1.66 bits per heavy atom. The first-order chi connectivity index (χ1) is 16.8. The molecule has 0 radical (unpaired) electrons. The molecule has 1 aliphatic rings. The van der Waals surface area contributed by atoms with Gasteiger partial charge >= 0.3 is 5.97 Å². The first-order valence-corrected chi connectivity index (χ1v) is 12.3. The molecule has 1 aliphatic heterocycles. The lowest BCUT2D eigenvalue weighted by molar-refractivity contribution is -0.137. The van der Waals surface area contributed by atoms with E-state index in [2.05, 4.69) is 38.1 Å². The highest BCUT2D eigenvalue weighted by molar-refractivity contribution is 5.95. The van der Waals surface area contributed by atoms with Gasteiger partial charge in [0.1, 0.15) is 11.4 Å². The van der Waals surface area contributed by atoms with Crippen LogP contribution in [0.1, 0.15) is 52.9 Å². The third-order valence-corrected chi connectivity index (χ3v) is 6.63. The van der Waals surface area contributed by atoms with Crippen LogP contribution in [0.2, 0.25) is 0 Å². The van der Waals surface area contributed by atoms with E-state index in [0.717, 1.165) is 36.1 Å². The summed E-state index contributed by atoms with van der Waals surface area (Å²) in [5, 5.41) is 9.18. The Balaban J connectivity index is 1.46. The number of hydrogen-bond acceptors (Lipinski definition) is 3. The third-order valence-electron chi connectivity index (χ3n) is 6.63. The number of carbonyl (C=O) groups is 2. The Kier molecular flexibility index (Phi) is 7.54. The number of amides is 1. The Bertz CT molecular complexity index is 1170. The number of nitrogens with zero attached hydrogens (tertiary/aromatic N) is 1. The molecule has 5 heteroatoms. The number of benzene rings is 3. The predicted molar refractivity (Wildman–Crippen MR) is 137 cm³/mol. The Labute approximate surface area is 207 Å². The van der Waals surface area contributed by atoms with Crippen molar-refractivity contribution in [2.45, 2.75) is 51.6 Å². The highest BCUT2D eigenvalue weighted by Gasteiger charge is 2.35. The second-order valence-electron chi connectivity index (χ2n) is 9.57. The zero-order valence-electron chi connectivity index (χ0n) is 20.5. The average Bonchev–Trinajstić information content (AvgIpc) is 3.19. The van der Waals surface area contributed by atoms with Crippen molar-refractivity contribution in [2.24, 2.45) is 0 Å². The van der Waals surface area contributed by atoms with Crippen LogP contribution in [-0.4, -0.2) is 40.6 Å². The Hall–Kier alpha value is -3.60. The second-order valence-corrected chi connectivity index (χ2v) is 9.57. The molecule has 0 bridgehead atoms. The monoisotopic (exact) mass is 471 g/mol. The molecule has 0 saturated carbocycles. The van der Waals surface area contributed by atoms with Crippen LogP contribution in [0.15, 0.2) is 72.8 Å². The topological polar surface area (TPSA) is 66.8 Å². The number of fused-ring (bicyclic) bond motifs is 1. The minimum absolute atomic E-state index is 0.0799. The molecule has 0 saturated heterocycles. The van der Waals surface area contributed by atoms with Gasteiger partial charge in [0.2, 0.25) is 0 Å². The molecule has 1 N–H and O–H groups in total. The summed E-state index contributed by atoms with van der Waals surface area (Å²) in [4.78, 5) is 26.2. The summed E-state index contributed by atoms with van der Waals surface area (Å²) >= 11 is 0. The normalized spacial score (nSPS) is 16.4. The van der Waals surface area contributed by atoms with Crippen LogP contribution < -0.4 is 4.74 Å². The molecule has 35 heavy (non-hydrogen) atoms. The second kappa shape index (κ2) is 10.8. The van der Waals surface area contributed by atoms with Gasteiger partial charge in [0.15, 0.2) is 0 Å². The van der Waals surface area contributed by atoms with Crippen LogP contribution in [0.4, 0.5) is 0 Å². The number of hydrogen-bond donors (Lipinski definition) is 1. The molecule has 3 aromatic rings. The minimum Gasteiger partial charge on any atom is -0.487 e. The summed E-state index contributed by atoms with van der Waals surface area (Å²) in [5.74, 6) is -0.239. The molecule has 0 unspecified atom stereocenters. The summed E-state index contributed by atoms with van der Waals surface area (Å²) in [6.45, 7) is 4.91. The van der Waals surface area contributed by atoms with Crippen LogP contribution in [0, 0.1) is 0 Å². The highest BCUT2D eigenvalue weighted by atomic mass is 16.5. The van der Waals surface area contributed by atoms with E-state index in [4.69, 9.17) is 4.74 Å². The van der Waals surface area contributed by atoms with E-state index in [1.807, 2.05) is 42.5 Å². The maximum Gasteiger partial charge on any atom is 0.305 e. The highest BCUT2D eigenvalue weighted by Crippen LogP contribution is 2.37. The molecule has 1 atom stereocenters. The number of carboxylic acid groups (broad SMARTS) is 1. The fourth-order valence-corrected chi connectivity index (χ4v) is 4.71. The first kappa shape index (κ1) is 24.5. The molecule has 0 aromatic heterocycles. The molecule has 5 nitrogen and oxygen atoms in total. The van der Waals surface area contributed by atoms with Crippen molar-refractivity contribution < 1.29 is 19.4 Å². The van der Waals surface area contributed by atoms with Crippen LogP contribution >= 0.6 is 0 Å². The zero-order chi connectivity index (χ0) is 24.8. The van der Waals surface area contributed by atoms with Crippen LogP contribution in [0.25, 0.3) is 0 Å². The Morgan fingerprint density at radius 3 is 2.34 bits per heavy atom. The number of carboxylic acids is 1. The van der Waals surface area contributed by atoms with Crippen molar-refractivity contribution in [3.8, 4) is 5.75 Å². The van der Waals surface area contributed by atoms with Crippen LogP contribution in [0.5, 0.6) is 5.75 Å². The van der Waals surface area contributed by atoms with E-state index in [1.165, 1.54) is 11.1 Å². The van der Waals surface area contributed by atoms with Gasteiger partial charge in [-0.15, -0.1) is 0 Å². The minimum atomic E-state index is -0.910. The van der Waals surface area contributed by atoms with Gasteiger partial charge in [-0.25, -0.2) is 0 Å². The molecule has 182 valence electrons. The number of ether oxygens (including phenoxy) is 1. The van der Waals surface area contributed by atoms with Crippen molar-refractivity contribution in [3.05, 3.63) is 101 Å². The standard InChI is InChI=1S/C30H33NO4/c1-3-22-9-11-24(12-10-22)20-30(2)21-26-19-25(13-14-27(26)35-30)29(34)31(18-16-28(32)33)17-15-23-7-5-4-6-8-23/h4-14,19H,3,15-18,20-21H2,1-2H3,(H,32,33)/t30-/m1/s1. The molecule has 3 aromatic carbocycles. The number of carbonyl (C=O) groups excluding carboxylic acids is 1. The zero-order valence-corrected chi connectivity index (χ0v) is 20.5. The quantitative estimate of drug-likeness (QED) is 0.433. The lowest BCUT2D eigenvalue weighted by Gasteiger charge is -2.24. The van der Waals surface area contributed by atoms with Gasteiger partial charge in [0.05, 0.1) is 6.42 Å². The SMILES string of the molecule is CCc1ccc(C[C@]2(C)Cc3cc(C(=O)N(CCC(=O)O)CCc4ccccc4)ccc3O2)cc1. The van der Waals surface area contributed by atoms with Crippen molar-refractivity contribution in [3.63, 3.8) is 0 Å². The lowest BCUT2D eigenvalue weighted by Crippen LogP contribution is -2.35. The molecule has 1 heterocycles. The van der Waals surface area contributed by atoms with Crippen molar-refractivity contribution in [1.82, 2.24) is 4.90 Å². The maximum atomic E-state index is 13.4. The van der Waals surface area contributed by atoms with E-state index in [9.17, 15) is 14.7 Å². The van der Waals surface area contributed by atoms with Crippen LogP contribution in [0.3, 0.4) is 0 Å². The number of aryl methyl sites for hydroxylation is 1. The van der Waals surface area contributed by atoms with Gasteiger partial charge in [-0.2, -0.15) is 0 Å². The fourth-order valence-electron chi connectivity index (χ4n) is 4.71. The van der Waals surface area contributed by atoms with Gasteiger partial charge in [-0.3, -0.25) is 9.59 Å². The van der Waals surface area contributed by atoms with Crippen molar-refractivity contribution in [1.29, 1.82) is 0 Å². The van der Waals surface area contributed by atoms with Gasteiger partial charge in [0.25, 0.3) is 5.91 Å². The molecule has 0 spiro atoms. The third kappa shape index (κ3) is 6.30. The Morgan fingerprint density at radius 1 is 0.943 bits per heavy atom.